The number of nitrogens with one attached hydrogen (secondary N) is 1. The molecule has 66 valence electrons. The van der Waals surface area contributed by atoms with Crippen molar-refractivity contribution < 1.29 is 10.6 Å². The second-order valence-corrected chi connectivity index (χ2v) is 3.35. The summed E-state index contributed by atoms with van der Waals surface area (Å²) in [6.07, 6.45) is -0.473. The van der Waals surface area contributed by atoms with Crippen molar-refractivity contribution in [3.63, 3.8) is 0 Å². The molecule has 0 amide bonds. The lowest BCUT2D eigenvalue weighted by atomic mass is 10.0. The van der Waals surface area contributed by atoms with E-state index in [1.54, 1.807) is 0 Å². The Morgan fingerprint density at radius 3 is 2.73 bits per heavy atom. The maximum atomic E-state index is 12.6. The molecule has 2 nitrogen and oxygen atoms in total. The summed E-state index contributed by atoms with van der Waals surface area (Å²) in [5, 5.41) is 2.86. The minimum absolute atomic E-state index is 0. The molecule has 0 bridgehead atoms. The molecule has 0 aromatic carbocycles. The third kappa shape index (κ3) is 1.99. The smallest absolute Gasteiger partial charge is 0.152 e. The van der Waals surface area contributed by atoms with Gasteiger partial charge in [-0.25, -0.2) is 4.39 Å². The summed E-state index contributed by atoms with van der Waals surface area (Å²) in [6.45, 7) is 4.02. The number of rotatable bonds is 2. The van der Waals surface area contributed by atoms with Gasteiger partial charge in [0.05, 0.1) is 6.04 Å². The van der Waals surface area contributed by atoms with E-state index in [2.05, 4.69) is 5.32 Å². The fourth-order valence-electron chi connectivity index (χ4n) is 1.31. The van der Waals surface area contributed by atoms with E-state index in [0.29, 0.717) is 13.0 Å². The third-order valence-corrected chi connectivity index (χ3v) is 1.99. The number of carbonyl (C=O) groups is 1. The summed E-state index contributed by atoms with van der Waals surface area (Å²) >= 11 is 0. The van der Waals surface area contributed by atoms with Crippen LogP contribution in [0, 0.1) is 5.92 Å². The van der Waals surface area contributed by atoms with Gasteiger partial charge in [0, 0.05) is 20.3 Å². The van der Waals surface area contributed by atoms with Crippen molar-refractivity contribution in [3.05, 3.63) is 0 Å². The van der Waals surface area contributed by atoms with Crippen LogP contribution in [0.1, 0.15) is 21.7 Å². The number of alkyl halides is 1. The SMILES string of the molecule is CC(C)C(=O)[C@@H]1C[C@H](F)CN1.[HH]. The van der Waals surface area contributed by atoms with Crippen molar-refractivity contribution in [1.29, 1.82) is 0 Å². The molecule has 0 spiro atoms. The average Bonchev–Trinajstić information content (AvgIpc) is 2.34. The molecular formula is C8H16FNO. The number of ketones is 1. The monoisotopic (exact) mass is 161 g/mol. The van der Waals surface area contributed by atoms with Crippen molar-refractivity contribution in [2.75, 3.05) is 6.54 Å². The molecular weight excluding hydrogens is 145 g/mol. The van der Waals surface area contributed by atoms with Crippen LogP contribution in [0.15, 0.2) is 0 Å². The fourth-order valence-corrected chi connectivity index (χ4v) is 1.31. The highest BCUT2D eigenvalue weighted by Gasteiger charge is 2.29. The first-order valence-electron chi connectivity index (χ1n) is 4.02. The first-order chi connectivity index (χ1) is 5.11. The van der Waals surface area contributed by atoms with Crippen LogP contribution in [0.25, 0.3) is 0 Å². The Morgan fingerprint density at radius 1 is 1.73 bits per heavy atom. The van der Waals surface area contributed by atoms with Crippen molar-refractivity contribution in [3.8, 4) is 0 Å². The van der Waals surface area contributed by atoms with E-state index in [0.717, 1.165) is 0 Å². The summed E-state index contributed by atoms with van der Waals surface area (Å²) in [6, 6.07) is -0.231. The number of halogens is 1. The Hall–Kier alpha value is -0.440. The Bertz CT molecular complexity index is 163. The highest BCUT2D eigenvalue weighted by molar-refractivity contribution is 5.86. The Labute approximate surface area is 67.6 Å². The van der Waals surface area contributed by atoms with Crippen LogP contribution in [0.2, 0.25) is 0 Å². The fraction of sp³-hybridized carbons (Fsp3) is 0.875. The summed E-state index contributed by atoms with van der Waals surface area (Å²) in [7, 11) is 0. The molecule has 1 heterocycles. The molecule has 2 atom stereocenters. The van der Waals surface area contributed by atoms with Gasteiger partial charge < -0.3 is 5.32 Å². The molecule has 1 fully saturated rings. The average molecular weight is 161 g/mol. The first kappa shape index (κ1) is 8.65. The molecule has 1 rings (SSSR count). The first-order valence-corrected chi connectivity index (χ1v) is 4.02. The molecule has 11 heavy (non-hydrogen) atoms. The predicted octanol–water partition coefficient (Wildman–Crippen LogP) is 1.16. The van der Waals surface area contributed by atoms with Gasteiger partial charge >= 0.3 is 0 Å². The molecule has 1 saturated heterocycles. The van der Waals surface area contributed by atoms with Gasteiger partial charge in [-0.2, -0.15) is 0 Å². The second-order valence-electron chi connectivity index (χ2n) is 3.35. The Kier molecular flexibility index (Phi) is 2.60. The number of Topliss-reactive ketones (excluding diaryl/α,β-unsaturated/α-hetero) is 1. The van der Waals surface area contributed by atoms with Crippen LogP contribution in [-0.2, 0) is 4.79 Å². The summed E-state index contributed by atoms with van der Waals surface area (Å²) in [4.78, 5) is 11.3. The maximum absolute atomic E-state index is 12.6. The van der Waals surface area contributed by atoms with E-state index >= 15 is 0 Å². The zero-order valence-corrected chi connectivity index (χ0v) is 6.93. The lowest BCUT2D eigenvalue weighted by Crippen LogP contribution is -2.33. The lowest BCUT2D eigenvalue weighted by molar-refractivity contribution is -0.123. The summed E-state index contributed by atoms with van der Waals surface area (Å²) in [5.74, 6) is 0.142. The third-order valence-electron chi connectivity index (χ3n) is 1.99. The molecule has 0 radical (unpaired) electrons. The second kappa shape index (κ2) is 3.30. The molecule has 1 aliphatic heterocycles. The van der Waals surface area contributed by atoms with Gasteiger partial charge in [0.2, 0.25) is 0 Å². The summed E-state index contributed by atoms with van der Waals surface area (Å²) in [5.41, 5.74) is 0. The zero-order chi connectivity index (χ0) is 8.43. The van der Waals surface area contributed by atoms with E-state index in [1.165, 1.54) is 0 Å². The normalized spacial score (nSPS) is 31.3. The zero-order valence-electron chi connectivity index (χ0n) is 6.93. The van der Waals surface area contributed by atoms with E-state index < -0.39 is 6.17 Å². The van der Waals surface area contributed by atoms with Gasteiger partial charge in [-0.3, -0.25) is 4.79 Å². The van der Waals surface area contributed by atoms with E-state index in [-0.39, 0.29) is 19.2 Å². The minimum Gasteiger partial charge on any atom is -0.304 e. The van der Waals surface area contributed by atoms with Gasteiger partial charge in [-0.1, -0.05) is 13.8 Å². The van der Waals surface area contributed by atoms with Crippen molar-refractivity contribution in [2.45, 2.75) is 32.5 Å². The predicted molar refractivity (Wildman–Crippen MR) is 43.3 cm³/mol. The molecule has 3 heteroatoms. The van der Waals surface area contributed by atoms with Crippen LogP contribution < -0.4 is 5.32 Å². The van der Waals surface area contributed by atoms with Gasteiger partial charge in [0.1, 0.15) is 6.17 Å². The highest BCUT2D eigenvalue weighted by Crippen LogP contribution is 2.13. The van der Waals surface area contributed by atoms with E-state index in [9.17, 15) is 9.18 Å². The topological polar surface area (TPSA) is 29.1 Å². The van der Waals surface area contributed by atoms with E-state index in [4.69, 9.17) is 0 Å². The van der Waals surface area contributed by atoms with Crippen molar-refractivity contribution in [1.82, 2.24) is 5.32 Å². The van der Waals surface area contributed by atoms with Crippen molar-refractivity contribution in [2.24, 2.45) is 5.92 Å². The van der Waals surface area contributed by atoms with Gasteiger partial charge in [0.25, 0.3) is 0 Å². The standard InChI is InChI=1S/C8H14FNO.H2/c1-5(2)8(11)7-3-6(9)4-10-7;/h5-7,10H,3-4H2,1-2H3;1H/t6-,7-;/m0./s1. The molecule has 0 aromatic rings. The number of carbonyl (C=O) groups excluding carboxylic acids is 1. The van der Waals surface area contributed by atoms with Gasteiger partial charge in [-0.15, -0.1) is 0 Å². The van der Waals surface area contributed by atoms with Crippen LogP contribution in [-0.4, -0.2) is 24.5 Å². The molecule has 1 aliphatic rings. The molecule has 0 unspecified atom stereocenters. The molecule has 0 saturated carbocycles. The van der Waals surface area contributed by atoms with Gasteiger partial charge in [-0.05, 0) is 0 Å². The van der Waals surface area contributed by atoms with Crippen LogP contribution in [0.4, 0.5) is 4.39 Å². The van der Waals surface area contributed by atoms with Crippen molar-refractivity contribution >= 4 is 5.78 Å². The Balaban J connectivity index is 0.00000121. The Morgan fingerprint density at radius 2 is 2.36 bits per heavy atom. The molecule has 1 N–H and O–H groups in total. The molecule has 0 aliphatic carbocycles. The van der Waals surface area contributed by atoms with Crippen LogP contribution in [0.3, 0.4) is 0 Å². The number of hydrogen-bond donors (Lipinski definition) is 1. The number of hydrogen-bond acceptors (Lipinski definition) is 2. The van der Waals surface area contributed by atoms with Crippen LogP contribution >= 0.6 is 0 Å². The van der Waals surface area contributed by atoms with E-state index in [1.807, 2.05) is 13.8 Å². The maximum Gasteiger partial charge on any atom is 0.152 e. The summed E-state index contributed by atoms with van der Waals surface area (Å²) < 4.78 is 12.6. The quantitative estimate of drug-likeness (QED) is 0.658. The largest absolute Gasteiger partial charge is 0.304 e. The van der Waals surface area contributed by atoms with Gasteiger partial charge in [0.15, 0.2) is 5.78 Å². The van der Waals surface area contributed by atoms with Crippen LogP contribution in [0.5, 0.6) is 0 Å². The lowest BCUT2D eigenvalue weighted by Gasteiger charge is -2.10. The minimum atomic E-state index is -0.831. The highest BCUT2D eigenvalue weighted by atomic mass is 19.1. The molecule has 0 aromatic heterocycles.